The number of halogens is 1. The Morgan fingerprint density at radius 3 is 2.32 bits per heavy atom. The monoisotopic (exact) mass is 324 g/mol. The number of carbonyl (C=O) groups is 2. The molecule has 2 aromatic rings. The highest BCUT2D eigenvalue weighted by atomic mass is 35.5. The topological polar surface area (TPSA) is 70.4 Å². The highest BCUT2D eigenvalue weighted by molar-refractivity contribution is 5.93. The summed E-state index contributed by atoms with van der Waals surface area (Å²) in [5.74, 6) is -0.980. The predicted molar refractivity (Wildman–Crippen MR) is 82.6 cm³/mol. The number of methoxy groups -OCH3 is 2. The van der Waals surface area contributed by atoms with Gasteiger partial charge in [-0.3, -0.25) is 4.79 Å². The lowest BCUT2D eigenvalue weighted by atomic mass is 10.1. The fraction of sp³-hybridized carbons (Fsp3) is 0.267. The number of benzene rings is 1. The van der Waals surface area contributed by atoms with Gasteiger partial charge in [-0.2, -0.15) is 5.10 Å². The van der Waals surface area contributed by atoms with Crippen LogP contribution in [-0.2, 0) is 20.7 Å². The van der Waals surface area contributed by atoms with Crippen LogP contribution in [0.3, 0.4) is 0 Å². The molecule has 0 aliphatic heterocycles. The first kappa shape index (κ1) is 17.7. The van der Waals surface area contributed by atoms with E-state index in [1.165, 1.54) is 14.2 Å². The lowest BCUT2D eigenvalue weighted by Gasteiger charge is -2.04. The van der Waals surface area contributed by atoms with E-state index in [0.29, 0.717) is 17.0 Å². The molecule has 0 radical (unpaired) electrons. The Balaban J connectivity index is 0.00000242. The SMILES string of the molecule is COC(=O)Cc1nn(-c2ccccc2)c(C)c1C(=O)OC.Cl. The van der Waals surface area contributed by atoms with Gasteiger partial charge in [-0.25, -0.2) is 9.48 Å². The van der Waals surface area contributed by atoms with Crippen molar-refractivity contribution in [3.8, 4) is 5.69 Å². The number of hydrogen-bond donors (Lipinski definition) is 0. The van der Waals surface area contributed by atoms with Gasteiger partial charge in [0.1, 0.15) is 5.56 Å². The average Bonchev–Trinajstić information content (AvgIpc) is 2.83. The van der Waals surface area contributed by atoms with Gasteiger partial charge < -0.3 is 9.47 Å². The molecular weight excluding hydrogens is 308 g/mol. The van der Waals surface area contributed by atoms with Crippen LogP contribution >= 0.6 is 12.4 Å². The second kappa shape index (κ2) is 7.61. The first-order valence-electron chi connectivity index (χ1n) is 6.37. The molecule has 0 fully saturated rings. The van der Waals surface area contributed by atoms with Crippen LogP contribution in [0.4, 0.5) is 0 Å². The first-order valence-corrected chi connectivity index (χ1v) is 6.37. The van der Waals surface area contributed by atoms with Crippen LogP contribution in [0.25, 0.3) is 5.69 Å². The van der Waals surface area contributed by atoms with Crippen molar-refractivity contribution in [1.82, 2.24) is 9.78 Å². The van der Waals surface area contributed by atoms with Gasteiger partial charge >= 0.3 is 11.9 Å². The summed E-state index contributed by atoms with van der Waals surface area (Å²) in [6.07, 6.45) is -0.0817. The summed E-state index contributed by atoms with van der Waals surface area (Å²) in [4.78, 5) is 23.4. The zero-order valence-electron chi connectivity index (χ0n) is 12.5. The van der Waals surface area contributed by atoms with Crippen molar-refractivity contribution in [1.29, 1.82) is 0 Å². The van der Waals surface area contributed by atoms with Crippen LogP contribution in [0.15, 0.2) is 30.3 Å². The first-order chi connectivity index (χ1) is 10.1. The Kier molecular flexibility index (Phi) is 6.12. The number of rotatable bonds is 4. The summed E-state index contributed by atoms with van der Waals surface area (Å²) >= 11 is 0. The number of ether oxygens (including phenoxy) is 2. The number of esters is 2. The van der Waals surface area contributed by atoms with Gasteiger partial charge in [0.25, 0.3) is 0 Å². The summed E-state index contributed by atoms with van der Waals surface area (Å²) in [5, 5.41) is 4.35. The van der Waals surface area contributed by atoms with Crippen LogP contribution in [0.1, 0.15) is 21.7 Å². The minimum absolute atomic E-state index is 0. The van der Waals surface area contributed by atoms with Crippen molar-refractivity contribution in [3.05, 3.63) is 47.3 Å². The molecule has 0 aliphatic carbocycles. The van der Waals surface area contributed by atoms with E-state index in [9.17, 15) is 9.59 Å². The van der Waals surface area contributed by atoms with Crippen molar-refractivity contribution in [2.45, 2.75) is 13.3 Å². The van der Waals surface area contributed by atoms with E-state index < -0.39 is 11.9 Å². The van der Waals surface area contributed by atoms with Crippen molar-refractivity contribution in [3.63, 3.8) is 0 Å². The van der Waals surface area contributed by atoms with Crippen LogP contribution < -0.4 is 0 Å². The third-order valence-electron chi connectivity index (χ3n) is 3.12. The van der Waals surface area contributed by atoms with Crippen molar-refractivity contribution >= 4 is 24.3 Å². The van der Waals surface area contributed by atoms with Crippen molar-refractivity contribution in [2.24, 2.45) is 0 Å². The zero-order chi connectivity index (χ0) is 15.4. The number of aromatic nitrogens is 2. The van der Waals surface area contributed by atoms with Gasteiger partial charge in [0.05, 0.1) is 37.7 Å². The molecule has 0 bridgehead atoms. The molecule has 0 unspecified atom stereocenters. The lowest BCUT2D eigenvalue weighted by molar-refractivity contribution is -0.139. The summed E-state index contributed by atoms with van der Waals surface area (Å²) in [5.41, 5.74) is 2.06. The fourth-order valence-corrected chi connectivity index (χ4v) is 2.08. The van der Waals surface area contributed by atoms with Gasteiger partial charge in [0.2, 0.25) is 0 Å². The number of hydrogen-bond acceptors (Lipinski definition) is 5. The fourth-order valence-electron chi connectivity index (χ4n) is 2.08. The molecule has 22 heavy (non-hydrogen) atoms. The third-order valence-corrected chi connectivity index (χ3v) is 3.12. The largest absolute Gasteiger partial charge is 0.469 e. The Hall–Kier alpha value is -2.34. The van der Waals surface area contributed by atoms with Gasteiger partial charge in [0, 0.05) is 0 Å². The molecule has 1 aromatic heterocycles. The van der Waals surface area contributed by atoms with Crippen LogP contribution in [-0.4, -0.2) is 35.9 Å². The average molecular weight is 325 g/mol. The highest BCUT2D eigenvalue weighted by Crippen LogP contribution is 2.20. The minimum atomic E-state index is -0.520. The third kappa shape index (κ3) is 3.46. The van der Waals surface area contributed by atoms with Gasteiger partial charge in [0.15, 0.2) is 0 Å². The van der Waals surface area contributed by atoms with E-state index >= 15 is 0 Å². The second-order valence-electron chi connectivity index (χ2n) is 4.40. The van der Waals surface area contributed by atoms with E-state index in [1.54, 1.807) is 11.6 Å². The normalized spacial score (nSPS) is 9.77. The van der Waals surface area contributed by atoms with Gasteiger partial charge in [-0.05, 0) is 19.1 Å². The quantitative estimate of drug-likeness (QED) is 0.805. The molecule has 0 N–H and O–H groups in total. The van der Waals surface area contributed by atoms with E-state index in [2.05, 4.69) is 9.84 Å². The van der Waals surface area contributed by atoms with E-state index in [4.69, 9.17) is 4.74 Å². The van der Waals surface area contributed by atoms with E-state index in [1.807, 2.05) is 30.3 Å². The molecule has 6 nitrogen and oxygen atoms in total. The molecule has 0 saturated carbocycles. The van der Waals surface area contributed by atoms with Crippen molar-refractivity contribution < 1.29 is 19.1 Å². The summed E-state index contributed by atoms with van der Waals surface area (Å²) < 4.78 is 11.0. The maximum atomic E-state index is 11.9. The summed E-state index contributed by atoms with van der Waals surface area (Å²) in [6, 6.07) is 9.35. The standard InChI is InChI=1S/C15H16N2O4.ClH/c1-10-14(15(19)21-3)12(9-13(18)20-2)16-17(10)11-7-5-4-6-8-11;/h4-8H,9H2,1-3H3;1H. The Morgan fingerprint density at radius 2 is 1.77 bits per heavy atom. The van der Waals surface area contributed by atoms with Gasteiger partial charge in [-0.15, -0.1) is 12.4 Å². The molecule has 0 atom stereocenters. The zero-order valence-corrected chi connectivity index (χ0v) is 13.3. The number of carbonyl (C=O) groups excluding carboxylic acids is 2. The molecule has 2 rings (SSSR count). The molecule has 118 valence electrons. The molecular formula is C15H17ClN2O4. The van der Waals surface area contributed by atoms with E-state index in [-0.39, 0.29) is 18.8 Å². The van der Waals surface area contributed by atoms with Crippen molar-refractivity contribution in [2.75, 3.05) is 14.2 Å². The Bertz CT molecular complexity index is 668. The molecule has 7 heteroatoms. The van der Waals surface area contributed by atoms with E-state index in [0.717, 1.165) is 5.69 Å². The smallest absolute Gasteiger partial charge is 0.341 e. The summed E-state index contributed by atoms with van der Waals surface area (Å²) in [7, 11) is 2.59. The highest BCUT2D eigenvalue weighted by Gasteiger charge is 2.24. The number of para-hydroxylation sites is 1. The van der Waals surface area contributed by atoms with Gasteiger partial charge in [-0.1, -0.05) is 18.2 Å². The lowest BCUT2D eigenvalue weighted by Crippen LogP contribution is -2.11. The Morgan fingerprint density at radius 1 is 1.14 bits per heavy atom. The second-order valence-corrected chi connectivity index (χ2v) is 4.40. The molecule has 0 spiro atoms. The molecule has 1 aromatic carbocycles. The van der Waals surface area contributed by atoms with Crippen LogP contribution in [0.2, 0.25) is 0 Å². The Labute approximate surface area is 134 Å². The predicted octanol–water partition coefficient (Wildman–Crippen LogP) is 2.10. The van der Waals surface area contributed by atoms with Crippen LogP contribution in [0.5, 0.6) is 0 Å². The number of nitrogens with zero attached hydrogens (tertiary/aromatic N) is 2. The van der Waals surface area contributed by atoms with Crippen LogP contribution in [0, 0.1) is 6.92 Å². The summed E-state index contributed by atoms with van der Waals surface area (Å²) in [6.45, 7) is 1.76. The maximum absolute atomic E-state index is 11.9. The molecule has 0 saturated heterocycles. The maximum Gasteiger partial charge on any atom is 0.341 e. The minimum Gasteiger partial charge on any atom is -0.469 e. The molecule has 0 amide bonds. The molecule has 0 aliphatic rings. The molecule has 1 heterocycles.